The first-order valence-corrected chi connectivity index (χ1v) is 13.7. The lowest BCUT2D eigenvalue weighted by atomic mass is 10.1. The lowest BCUT2D eigenvalue weighted by Gasteiger charge is -2.14. The molecule has 2 aromatic heterocycles. The summed E-state index contributed by atoms with van der Waals surface area (Å²) in [5.41, 5.74) is 3.28. The molecule has 2 heterocycles. The van der Waals surface area contributed by atoms with Gasteiger partial charge in [-0.25, -0.2) is 23.1 Å². The van der Waals surface area contributed by atoms with Crippen molar-refractivity contribution in [2.75, 3.05) is 5.32 Å². The predicted molar refractivity (Wildman–Crippen MR) is 144 cm³/mol. The van der Waals surface area contributed by atoms with Crippen molar-refractivity contribution in [1.82, 2.24) is 34.8 Å². The van der Waals surface area contributed by atoms with Crippen molar-refractivity contribution < 1.29 is 13.2 Å². The summed E-state index contributed by atoms with van der Waals surface area (Å²) in [5, 5.41) is 14.6. The monoisotopic (exact) mass is 534 g/mol. The minimum atomic E-state index is -3.49. The topological polar surface area (TPSA) is 144 Å². The van der Waals surface area contributed by atoms with Crippen molar-refractivity contribution in [3.63, 3.8) is 0 Å². The van der Waals surface area contributed by atoms with Crippen molar-refractivity contribution in [3.8, 4) is 11.5 Å². The van der Waals surface area contributed by atoms with Gasteiger partial charge in [0.15, 0.2) is 11.6 Å². The average Bonchev–Trinajstić information content (AvgIpc) is 3.26. The summed E-state index contributed by atoms with van der Waals surface area (Å²) in [4.78, 5) is 21.0. The van der Waals surface area contributed by atoms with E-state index in [0.29, 0.717) is 35.0 Å². The molecule has 0 radical (unpaired) electrons. The first-order chi connectivity index (χ1) is 18.2. The number of carbonyl (C=O) groups is 1. The normalized spacial score (nSPS) is 11.5. The summed E-state index contributed by atoms with van der Waals surface area (Å²) in [6.45, 7) is 4.15. The van der Waals surface area contributed by atoms with E-state index in [0.717, 1.165) is 11.3 Å². The molecule has 0 unspecified atom stereocenters. The van der Waals surface area contributed by atoms with Gasteiger partial charge in [0.25, 0.3) is 5.91 Å². The average molecular weight is 535 g/mol. The number of rotatable bonds is 11. The Morgan fingerprint density at radius 3 is 2.53 bits per heavy atom. The van der Waals surface area contributed by atoms with Crippen LogP contribution in [0.4, 0.5) is 5.69 Å². The Hall–Kier alpha value is -4.16. The van der Waals surface area contributed by atoms with Crippen LogP contribution in [0, 0.1) is 0 Å². The lowest BCUT2D eigenvalue weighted by Crippen LogP contribution is -2.32. The molecular formula is C26H30N8O3S. The van der Waals surface area contributed by atoms with Crippen LogP contribution in [0.1, 0.15) is 41.2 Å². The fourth-order valence-corrected chi connectivity index (χ4v) is 5.36. The van der Waals surface area contributed by atoms with Crippen LogP contribution in [0.2, 0.25) is 0 Å². The molecule has 2 aromatic carbocycles. The molecule has 0 spiro atoms. The second-order valence-corrected chi connectivity index (χ2v) is 10.8. The molecule has 0 atom stereocenters. The Labute approximate surface area is 221 Å². The van der Waals surface area contributed by atoms with E-state index in [-0.39, 0.29) is 24.2 Å². The second kappa shape index (κ2) is 11.9. The molecule has 11 nitrogen and oxygen atoms in total. The number of amides is 1. The van der Waals surface area contributed by atoms with E-state index in [1.54, 1.807) is 56.4 Å². The summed E-state index contributed by atoms with van der Waals surface area (Å²) >= 11 is 0. The Balaban J connectivity index is 1.38. The second-order valence-electron chi connectivity index (χ2n) is 9.01. The van der Waals surface area contributed by atoms with Gasteiger partial charge in [-0.05, 0) is 49.2 Å². The van der Waals surface area contributed by atoms with Crippen molar-refractivity contribution >= 4 is 21.6 Å². The van der Waals surface area contributed by atoms with E-state index in [2.05, 4.69) is 35.5 Å². The van der Waals surface area contributed by atoms with Gasteiger partial charge >= 0.3 is 0 Å². The molecule has 1 amide bonds. The van der Waals surface area contributed by atoms with Crippen LogP contribution in [-0.2, 0) is 35.9 Å². The number of sulfonamides is 1. The van der Waals surface area contributed by atoms with Gasteiger partial charge in [-0.15, -0.1) is 10.2 Å². The third-order valence-corrected chi connectivity index (χ3v) is 7.19. The first-order valence-electron chi connectivity index (χ1n) is 12.1. The first kappa shape index (κ1) is 26.9. The molecule has 0 fully saturated rings. The molecule has 4 aromatic rings. The maximum absolute atomic E-state index is 12.9. The van der Waals surface area contributed by atoms with Crippen LogP contribution in [0.3, 0.4) is 0 Å². The van der Waals surface area contributed by atoms with Crippen molar-refractivity contribution in [2.45, 2.75) is 38.7 Å². The quantitative estimate of drug-likeness (QED) is 0.266. The molecule has 12 heteroatoms. The van der Waals surface area contributed by atoms with Crippen molar-refractivity contribution in [1.29, 1.82) is 0 Å². The Morgan fingerprint density at radius 2 is 1.79 bits per heavy atom. The highest BCUT2D eigenvalue weighted by molar-refractivity contribution is 7.88. The summed E-state index contributed by atoms with van der Waals surface area (Å²) < 4.78 is 29.2. The van der Waals surface area contributed by atoms with E-state index in [1.165, 1.54) is 6.33 Å². The van der Waals surface area contributed by atoms with Crippen LogP contribution in [0.5, 0.6) is 0 Å². The number of hydrogen-bond acceptors (Lipinski definition) is 8. The highest BCUT2D eigenvalue weighted by Crippen LogP contribution is 2.17. The Kier molecular flexibility index (Phi) is 8.44. The Morgan fingerprint density at radius 1 is 1.00 bits per heavy atom. The van der Waals surface area contributed by atoms with Crippen molar-refractivity contribution in [3.05, 3.63) is 89.6 Å². The number of carbonyl (C=O) groups excluding carboxylic acids is 1. The van der Waals surface area contributed by atoms with E-state index in [1.807, 2.05) is 29.8 Å². The number of nitrogens with one attached hydrogen (secondary N) is 3. The minimum absolute atomic E-state index is 0.155. The molecular weight excluding hydrogens is 504 g/mol. The summed E-state index contributed by atoms with van der Waals surface area (Å²) in [6.07, 6.45) is 3.11. The zero-order chi connectivity index (χ0) is 27.1. The van der Waals surface area contributed by atoms with Gasteiger partial charge in [0.05, 0.1) is 12.3 Å². The maximum atomic E-state index is 12.9. The fraction of sp³-hybridized carbons (Fsp3) is 0.269. The predicted octanol–water partition coefficient (Wildman–Crippen LogP) is 2.64. The number of aromatic nitrogens is 5. The summed E-state index contributed by atoms with van der Waals surface area (Å²) in [6, 6.07) is 15.9. The van der Waals surface area contributed by atoms with E-state index >= 15 is 0 Å². The molecule has 0 saturated heterocycles. The fourth-order valence-electron chi connectivity index (χ4n) is 3.87. The van der Waals surface area contributed by atoms with Gasteiger partial charge in [0.2, 0.25) is 10.0 Å². The number of benzene rings is 2. The third-order valence-electron chi connectivity index (χ3n) is 5.67. The van der Waals surface area contributed by atoms with Crippen molar-refractivity contribution in [2.24, 2.45) is 7.05 Å². The van der Waals surface area contributed by atoms with Gasteiger partial charge in [-0.3, -0.25) is 4.79 Å². The highest BCUT2D eigenvalue weighted by atomic mass is 32.2. The lowest BCUT2D eigenvalue weighted by molar-refractivity contribution is 0.0951. The van der Waals surface area contributed by atoms with Crippen LogP contribution in [0.15, 0.2) is 67.1 Å². The maximum Gasteiger partial charge on any atom is 0.251 e. The molecule has 0 aliphatic heterocycles. The molecule has 4 rings (SSSR count). The standard InChI is InChI=1S/C26H30N8O3S/c1-18(2)33-38(36,37)16-21-8-5-4-7-20(21)14-29-26(35)19-9-6-10-22(13-19)28-15-24-31-32-25(34(24)3)23-11-12-27-17-30-23/h4-13,17-18,28,33H,14-16H2,1-3H3,(H,29,35). The highest BCUT2D eigenvalue weighted by Gasteiger charge is 2.16. The third kappa shape index (κ3) is 6.99. The van der Waals surface area contributed by atoms with Crippen LogP contribution in [-0.4, -0.2) is 45.1 Å². The van der Waals surface area contributed by atoms with E-state index < -0.39 is 10.0 Å². The van der Waals surface area contributed by atoms with Gasteiger partial charge in [0, 0.05) is 37.1 Å². The minimum Gasteiger partial charge on any atom is -0.378 e. The molecule has 0 aliphatic rings. The van der Waals surface area contributed by atoms with E-state index in [9.17, 15) is 13.2 Å². The molecule has 0 bridgehead atoms. The largest absolute Gasteiger partial charge is 0.378 e. The van der Waals surface area contributed by atoms with Gasteiger partial charge in [-0.1, -0.05) is 30.3 Å². The van der Waals surface area contributed by atoms with Crippen LogP contribution >= 0.6 is 0 Å². The zero-order valence-electron chi connectivity index (χ0n) is 21.4. The molecule has 198 valence electrons. The van der Waals surface area contributed by atoms with Gasteiger partial charge in [-0.2, -0.15) is 0 Å². The molecule has 0 saturated carbocycles. The molecule has 0 aliphatic carbocycles. The van der Waals surface area contributed by atoms with Crippen LogP contribution < -0.4 is 15.4 Å². The summed E-state index contributed by atoms with van der Waals surface area (Å²) in [5.74, 6) is 0.908. The zero-order valence-corrected chi connectivity index (χ0v) is 22.2. The van der Waals surface area contributed by atoms with Gasteiger partial charge in [0.1, 0.15) is 12.0 Å². The van der Waals surface area contributed by atoms with E-state index in [4.69, 9.17) is 0 Å². The molecule has 3 N–H and O–H groups in total. The Bertz CT molecular complexity index is 1500. The molecule has 38 heavy (non-hydrogen) atoms. The smallest absolute Gasteiger partial charge is 0.251 e. The number of hydrogen-bond donors (Lipinski definition) is 3. The summed E-state index contributed by atoms with van der Waals surface area (Å²) in [7, 11) is -1.63. The number of nitrogens with zero attached hydrogens (tertiary/aromatic N) is 5. The van der Waals surface area contributed by atoms with Crippen LogP contribution in [0.25, 0.3) is 11.5 Å². The van der Waals surface area contributed by atoms with Gasteiger partial charge < -0.3 is 15.2 Å². The SMILES string of the molecule is CC(C)NS(=O)(=O)Cc1ccccc1CNC(=O)c1cccc(NCc2nnc(-c3ccncn3)n2C)c1. The number of anilines is 1.